The van der Waals surface area contributed by atoms with Crippen LogP contribution >= 0.6 is 11.6 Å². The topological polar surface area (TPSA) is 24.3 Å². The van der Waals surface area contributed by atoms with Crippen molar-refractivity contribution in [3.63, 3.8) is 0 Å². The molecular formula is C22H31ClN4. The van der Waals surface area contributed by atoms with Gasteiger partial charge in [-0.2, -0.15) is 5.10 Å². The van der Waals surface area contributed by atoms with Crippen molar-refractivity contribution < 1.29 is 0 Å². The van der Waals surface area contributed by atoms with Crippen LogP contribution in [0.3, 0.4) is 0 Å². The van der Waals surface area contributed by atoms with Gasteiger partial charge in [-0.05, 0) is 56.7 Å². The molecule has 27 heavy (non-hydrogen) atoms. The zero-order chi connectivity index (χ0) is 18.9. The molecule has 2 fully saturated rings. The average molecular weight is 387 g/mol. The quantitative estimate of drug-likeness (QED) is 0.778. The Morgan fingerprint density at radius 1 is 1.07 bits per heavy atom. The van der Waals surface area contributed by atoms with Crippen molar-refractivity contribution >= 4 is 11.6 Å². The Labute approximate surface area is 168 Å². The Hall–Kier alpha value is -1.36. The zero-order valence-electron chi connectivity index (χ0n) is 16.6. The summed E-state index contributed by atoms with van der Waals surface area (Å²) in [6, 6.07) is 10.9. The van der Waals surface area contributed by atoms with Gasteiger partial charge in [0.15, 0.2) is 0 Å². The lowest BCUT2D eigenvalue weighted by Crippen LogP contribution is -2.45. The van der Waals surface area contributed by atoms with E-state index in [9.17, 15) is 0 Å². The van der Waals surface area contributed by atoms with E-state index in [1.807, 2.05) is 7.05 Å². The van der Waals surface area contributed by atoms with Crippen LogP contribution in [-0.4, -0.2) is 52.3 Å². The largest absolute Gasteiger partial charge is 0.302 e. The van der Waals surface area contributed by atoms with Crippen molar-refractivity contribution in [2.45, 2.75) is 39.2 Å². The normalized spacial score (nSPS) is 24.1. The number of nitrogens with zero attached hydrogens (tertiary/aromatic N) is 4. The molecule has 4 nitrogen and oxygen atoms in total. The summed E-state index contributed by atoms with van der Waals surface area (Å²) in [6.45, 7) is 9.05. The van der Waals surface area contributed by atoms with E-state index in [2.05, 4.69) is 52.2 Å². The highest BCUT2D eigenvalue weighted by molar-refractivity contribution is 6.30. The fourth-order valence-corrected chi connectivity index (χ4v) is 5.24. The van der Waals surface area contributed by atoms with E-state index in [-0.39, 0.29) is 0 Å². The summed E-state index contributed by atoms with van der Waals surface area (Å²) in [5, 5.41) is 5.26. The molecule has 1 atom stereocenters. The number of benzene rings is 1. The third kappa shape index (κ3) is 4.23. The van der Waals surface area contributed by atoms with Gasteiger partial charge in [-0.25, -0.2) is 0 Å². The van der Waals surface area contributed by atoms with Crippen molar-refractivity contribution in [3.05, 3.63) is 52.3 Å². The molecule has 0 saturated carbocycles. The summed E-state index contributed by atoms with van der Waals surface area (Å²) < 4.78 is 1.80. The molecule has 2 aliphatic rings. The summed E-state index contributed by atoms with van der Waals surface area (Å²) in [7, 11) is 1.93. The molecule has 2 aliphatic heterocycles. The van der Waals surface area contributed by atoms with Crippen molar-refractivity contribution in [2.75, 3.05) is 32.7 Å². The predicted octanol–water partition coefficient (Wildman–Crippen LogP) is 3.91. The molecule has 2 saturated heterocycles. The van der Waals surface area contributed by atoms with Crippen LogP contribution in [0.5, 0.6) is 0 Å². The van der Waals surface area contributed by atoms with E-state index in [1.54, 1.807) is 4.68 Å². The van der Waals surface area contributed by atoms with Gasteiger partial charge in [0, 0.05) is 38.8 Å². The molecule has 1 aromatic heterocycles. The lowest BCUT2D eigenvalue weighted by atomic mass is 9.79. The number of rotatable bonds is 5. The van der Waals surface area contributed by atoms with Crippen LogP contribution in [-0.2, 0) is 20.0 Å². The highest BCUT2D eigenvalue weighted by atomic mass is 35.5. The first-order valence-electron chi connectivity index (χ1n) is 10.2. The van der Waals surface area contributed by atoms with Gasteiger partial charge in [-0.3, -0.25) is 9.58 Å². The van der Waals surface area contributed by atoms with E-state index >= 15 is 0 Å². The number of piperidine rings is 1. The molecule has 4 rings (SSSR count). The maximum atomic E-state index is 6.46. The number of aryl methyl sites for hydroxylation is 2. The van der Waals surface area contributed by atoms with E-state index in [0.29, 0.717) is 5.41 Å². The molecule has 146 valence electrons. The Morgan fingerprint density at radius 3 is 2.59 bits per heavy atom. The summed E-state index contributed by atoms with van der Waals surface area (Å²) >= 11 is 6.46. The number of hydrogen-bond acceptors (Lipinski definition) is 3. The monoisotopic (exact) mass is 386 g/mol. The zero-order valence-corrected chi connectivity index (χ0v) is 17.4. The second kappa shape index (κ2) is 7.94. The highest BCUT2D eigenvalue weighted by Gasteiger charge is 2.41. The summed E-state index contributed by atoms with van der Waals surface area (Å²) in [6.07, 6.45) is 5.16. The molecule has 0 bridgehead atoms. The van der Waals surface area contributed by atoms with Crippen LogP contribution in [0.2, 0.25) is 5.15 Å². The van der Waals surface area contributed by atoms with Crippen LogP contribution < -0.4 is 0 Å². The minimum Gasteiger partial charge on any atom is -0.302 e. The molecule has 1 unspecified atom stereocenters. The first kappa shape index (κ1) is 19.0. The predicted molar refractivity (Wildman–Crippen MR) is 111 cm³/mol. The summed E-state index contributed by atoms with van der Waals surface area (Å²) in [5.74, 6) is 0. The minimum atomic E-state index is 0.470. The number of hydrogen-bond donors (Lipinski definition) is 0. The molecule has 1 aromatic carbocycles. The number of likely N-dealkylation sites (tertiary alicyclic amines) is 2. The Bertz CT molecular complexity index is 772. The fourth-order valence-electron chi connectivity index (χ4n) is 5.01. The van der Waals surface area contributed by atoms with Crippen LogP contribution in [0, 0.1) is 12.3 Å². The second-order valence-electron chi connectivity index (χ2n) is 8.55. The molecule has 0 aliphatic carbocycles. The van der Waals surface area contributed by atoms with Gasteiger partial charge >= 0.3 is 0 Å². The Kier molecular flexibility index (Phi) is 5.58. The van der Waals surface area contributed by atoms with Crippen molar-refractivity contribution in [1.82, 2.24) is 19.6 Å². The van der Waals surface area contributed by atoms with Crippen molar-refractivity contribution in [2.24, 2.45) is 12.5 Å². The Balaban J connectivity index is 1.35. The first-order chi connectivity index (χ1) is 13.0. The van der Waals surface area contributed by atoms with Gasteiger partial charge in [0.25, 0.3) is 0 Å². The summed E-state index contributed by atoms with van der Waals surface area (Å²) in [5.41, 5.74) is 4.19. The molecule has 0 N–H and O–H groups in total. The maximum Gasteiger partial charge on any atom is 0.131 e. The van der Waals surface area contributed by atoms with E-state index < -0.39 is 0 Å². The fraction of sp³-hybridized carbons (Fsp3) is 0.591. The highest BCUT2D eigenvalue weighted by Crippen LogP contribution is 2.40. The van der Waals surface area contributed by atoms with Crippen molar-refractivity contribution in [3.8, 4) is 0 Å². The standard InChI is InChI=1S/C22H31ClN4/c1-18-20(21(23)25(2)24-18)15-27-14-11-22(17-27)10-6-12-26(16-22)13-9-19-7-4-3-5-8-19/h3-5,7-8H,6,9-17H2,1-2H3. The maximum absolute atomic E-state index is 6.46. The molecule has 0 amide bonds. The minimum absolute atomic E-state index is 0.470. The Morgan fingerprint density at radius 2 is 1.85 bits per heavy atom. The number of halogens is 1. The second-order valence-corrected chi connectivity index (χ2v) is 8.91. The van der Waals surface area contributed by atoms with E-state index in [4.69, 9.17) is 11.6 Å². The van der Waals surface area contributed by atoms with E-state index in [1.165, 1.54) is 63.1 Å². The molecule has 3 heterocycles. The van der Waals surface area contributed by atoms with Crippen LogP contribution in [0.25, 0.3) is 0 Å². The van der Waals surface area contributed by atoms with Gasteiger partial charge in [0.1, 0.15) is 5.15 Å². The van der Waals surface area contributed by atoms with Crippen molar-refractivity contribution in [1.29, 1.82) is 0 Å². The van der Waals surface area contributed by atoms with Gasteiger partial charge in [-0.1, -0.05) is 41.9 Å². The van der Waals surface area contributed by atoms with Gasteiger partial charge in [0.2, 0.25) is 0 Å². The van der Waals surface area contributed by atoms with Gasteiger partial charge in [-0.15, -0.1) is 0 Å². The molecule has 2 aromatic rings. The molecular weight excluding hydrogens is 356 g/mol. The van der Waals surface area contributed by atoms with Gasteiger partial charge in [0.05, 0.1) is 5.69 Å². The summed E-state index contributed by atoms with van der Waals surface area (Å²) in [4.78, 5) is 5.29. The smallest absolute Gasteiger partial charge is 0.131 e. The third-order valence-electron chi connectivity index (χ3n) is 6.47. The first-order valence-corrected chi connectivity index (χ1v) is 10.6. The SMILES string of the molecule is Cc1nn(C)c(Cl)c1CN1CCC2(CCCN(CCc3ccccc3)C2)C1. The van der Waals surface area contributed by atoms with Gasteiger partial charge < -0.3 is 4.90 Å². The molecule has 5 heteroatoms. The van der Waals surface area contributed by atoms with Crippen LogP contribution in [0.1, 0.15) is 36.1 Å². The average Bonchev–Trinajstić information content (AvgIpc) is 3.16. The molecule has 1 spiro atoms. The van der Waals surface area contributed by atoms with Crippen LogP contribution in [0.15, 0.2) is 30.3 Å². The van der Waals surface area contributed by atoms with Crippen LogP contribution in [0.4, 0.5) is 0 Å². The number of aromatic nitrogens is 2. The molecule has 0 radical (unpaired) electrons. The lowest BCUT2D eigenvalue weighted by molar-refractivity contribution is 0.0928. The van der Waals surface area contributed by atoms with E-state index in [0.717, 1.165) is 23.8 Å². The lowest BCUT2D eigenvalue weighted by Gasteiger charge is -2.40. The third-order valence-corrected chi connectivity index (χ3v) is 6.94.